The van der Waals surface area contributed by atoms with E-state index in [1.165, 1.54) is 5.56 Å². The number of benzene rings is 1. The van der Waals surface area contributed by atoms with Crippen LogP contribution in [-0.4, -0.2) is 25.3 Å². The Morgan fingerprint density at radius 2 is 2.00 bits per heavy atom. The Bertz CT molecular complexity index is 324. The predicted molar refractivity (Wildman–Crippen MR) is 68.6 cm³/mol. The maximum Gasteiger partial charge on any atom is 0.230 e. The number of hydrogen-bond acceptors (Lipinski definition) is 3. The molecule has 1 aromatic rings. The van der Waals surface area contributed by atoms with Crippen molar-refractivity contribution in [1.29, 1.82) is 0 Å². The maximum absolute atomic E-state index is 11.2. The Kier molecular flexibility index (Phi) is 5.96. The molecule has 0 spiro atoms. The zero-order valence-electron chi connectivity index (χ0n) is 9.75. The summed E-state index contributed by atoms with van der Waals surface area (Å²) in [5.74, 6) is 0.575. The zero-order valence-corrected chi connectivity index (χ0v) is 10.6. The van der Waals surface area contributed by atoms with Crippen molar-refractivity contribution in [3.8, 4) is 0 Å². The fourth-order valence-corrected chi connectivity index (χ4v) is 2.03. The minimum absolute atomic E-state index is 0.0896. The van der Waals surface area contributed by atoms with E-state index < -0.39 is 0 Å². The van der Waals surface area contributed by atoms with Gasteiger partial charge >= 0.3 is 0 Å². The lowest BCUT2D eigenvalue weighted by atomic mass is 10.2. The van der Waals surface area contributed by atoms with Crippen LogP contribution in [0.5, 0.6) is 0 Å². The van der Waals surface area contributed by atoms with Crippen molar-refractivity contribution in [3.05, 3.63) is 29.8 Å². The van der Waals surface area contributed by atoms with Gasteiger partial charge in [0.2, 0.25) is 5.91 Å². The van der Waals surface area contributed by atoms with Crippen LogP contribution in [0, 0.1) is 0 Å². The fraction of sp³-hybridized carbons (Fsp3) is 0.417. The molecule has 0 aliphatic rings. The molecule has 0 atom stereocenters. The van der Waals surface area contributed by atoms with Gasteiger partial charge in [-0.1, -0.05) is 12.1 Å². The molecule has 0 aliphatic heterocycles. The van der Waals surface area contributed by atoms with Crippen molar-refractivity contribution < 1.29 is 4.79 Å². The topological polar surface area (TPSA) is 41.1 Å². The highest BCUT2D eigenvalue weighted by Gasteiger charge is 2.01. The molecular weight excluding hydrogens is 220 g/mol. The molecule has 1 amide bonds. The molecule has 0 saturated heterocycles. The average Bonchev–Trinajstić information content (AvgIpc) is 2.29. The predicted octanol–water partition coefficient (Wildman–Crippen LogP) is 1.63. The van der Waals surface area contributed by atoms with E-state index in [9.17, 15) is 4.79 Å². The van der Waals surface area contributed by atoms with E-state index in [1.54, 1.807) is 11.8 Å². The summed E-state index contributed by atoms with van der Waals surface area (Å²) in [4.78, 5) is 12.4. The first-order valence-corrected chi connectivity index (χ1v) is 6.38. The second kappa shape index (κ2) is 7.30. The van der Waals surface area contributed by atoms with Crippen LogP contribution in [0.25, 0.3) is 0 Å². The Morgan fingerprint density at radius 3 is 2.56 bits per heavy atom. The second-order valence-electron chi connectivity index (χ2n) is 3.42. The van der Waals surface area contributed by atoms with E-state index >= 15 is 0 Å². The van der Waals surface area contributed by atoms with Gasteiger partial charge in [-0.05, 0) is 31.7 Å². The molecule has 0 aromatic heterocycles. The van der Waals surface area contributed by atoms with Crippen LogP contribution in [0.1, 0.15) is 12.5 Å². The summed E-state index contributed by atoms with van der Waals surface area (Å²) < 4.78 is 0. The van der Waals surface area contributed by atoms with Gasteiger partial charge in [-0.15, -0.1) is 11.8 Å². The zero-order chi connectivity index (χ0) is 11.8. The molecule has 0 radical (unpaired) electrons. The highest BCUT2D eigenvalue weighted by molar-refractivity contribution is 8.00. The largest absolute Gasteiger partial charge is 0.356 e. The number of carbonyl (C=O) groups excluding carboxylic acids is 1. The Balaban J connectivity index is 2.40. The monoisotopic (exact) mass is 238 g/mol. The van der Waals surface area contributed by atoms with Crippen LogP contribution in [0.2, 0.25) is 0 Å². The number of nitrogens with one attached hydrogen (secondary N) is 2. The van der Waals surface area contributed by atoms with Gasteiger partial charge in [0.25, 0.3) is 0 Å². The lowest BCUT2D eigenvalue weighted by Crippen LogP contribution is -2.24. The highest BCUT2D eigenvalue weighted by atomic mass is 32.2. The summed E-state index contributed by atoms with van der Waals surface area (Å²) in [6.07, 6.45) is 0. The average molecular weight is 238 g/mol. The SMILES string of the molecule is CCNC(=O)CSc1ccc(CNC)cc1. The maximum atomic E-state index is 11.2. The van der Waals surface area contributed by atoms with Crippen molar-refractivity contribution in [1.82, 2.24) is 10.6 Å². The molecule has 2 N–H and O–H groups in total. The number of carbonyl (C=O) groups is 1. The molecule has 3 nitrogen and oxygen atoms in total. The normalized spacial score (nSPS) is 10.1. The lowest BCUT2D eigenvalue weighted by molar-refractivity contribution is -0.118. The Hall–Kier alpha value is -1.00. The molecule has 0 saturated carbocycles. The molecule has 1 rings (SSSR count). The summed E-state index contributed by atoms with van der Waals surface area (Å²) in [5.41, 5.74) is 1.25. The molecule has 0 heterocycles. The van der Waals surface area contributed by atoms with Crippen LogP contribution < -0.4 is 10.6 Å². The first kappa shape index (κ1) is 13.1. The fourth-order valence-electron chi connectivity index (χ4n) is 1.30. The molecule has 0 fully saturated rings. The third kappa shape index (κ3) is 4.68. The number of rotatable bonds is 6. The van der Waals surface area contributed by atoms with Gasteiger partial charge in [0.05, 0.1) is 5.75 Å². The van der Waals surface area contributed by atoms with Crippen LogP contribution in [0.3, 0.4) is 0 Å². The van der Waals surface area contributed by atoms with Crippen molar-refractivity contribution >= 4 is 17.7 Å². The molecule has 4 heteroatoms. The molecule has 0 bridgehead atoms. The van der Waals surface area contributed by atoms with Crippen molar-refractivity contribution in [2.45, 2.75) is 18.4 Å². The summed E-state index contributed by atoms with van der Waals surface area (Å²) in [6.45, 7) is 3.50. The molecule has 88 valence electrons. The van der Waals surface area contributed by atoms with E-state index in [0.717, 1.165) is 11.4 Å². The highest BCUT2D eigenvalue weighted by Crippen LogP contribution is 2.17. The quantitative estimate of drug-likeness (QED) is 0.740. The molecule has 16 heavy (non-hydrogen) atoms. The van der Waals surface area contributed by atoms with Gasteiger partial charge in [-0.3, -0.25) is 4.79 Å². The first-order valence-electron chi connectivity index (χ1n) is 5.39. The van der Waals surface area contributed by atoms with Gasteiger partial charge in [0, 0.05) is 18.0 Å². The molecule has 0 unspecified atom stereocenters. The molecule has 1 aromatic carbocycles. The van der Waals surface area contributed by atoms with Crippen molar-refractivity contribution in [2.75, 3.05) is 19.3 Å². The van der Waals surface area contributed by atoms with E-state index in [0.29, 0.717) is 12.3 Å². The second-order valence-corrected chi connectivity index (χ2v) is 4.47. The van der Waals surface area contributed by atoms with Gasteiger partial charge in [0.15, 0.2) is 0 Å². The smallest absolute Gasteiger partial charge is 0.230 e. The summed E-state index contributed by atoms with van der Waals surface area (Å²) in [6, 6.07) is 8.26. The lowest BCUT2D eigenvalue weighted by Gasteiger charge is -2.04. The third-order valence-electron chi connectivity index (χ3n) is 2.05. The molecular formula is C12H18N2OS. The summed E-state index contributed by atoms with van der Waals surface area (Å²) in [7, 11) is 1.93. The van der Waals surface area contributed by atoms with Gasteiger partial charge < -0.3 is 10.6 Å². The van der Waals surface area contributed by atoms with Crippen molar-refractivity contribution in [2.24, 2.45) is 0 Å². The van der Waals surface area contributed by atoms with Crippen molar-refractivity contribution in [3.63, 3.8) is 0 Å². The number of amides is 1. The third-order valence-corrected chi connectivity index (χ3v) is 3.06. The van der Waals surface area contributed by atoms with Gasteiger partial charge in [-0.2, -0.15) is 0 Å². The molecule has 0 aliphatic carbocycles. The Morgan fingerprint density at radius 1 is 1.31 bits per heavy atom. The van der Waals surface area contributed by atoms with Crippen LogP contribution >= 0.6 is 11.8 Å². The van der Waals surface area contributed by atoms with E-state index in [4.69, 9.17) is 0 Å². The van der Waals surface area contributed by atoms with E-state index in [1.807, 2.05) is 14.0 Å². The Labute approximate surface area is 101 Å². The minimum atomic E-state index is 0.0896. The standard InChI is InChI=1S/C12H18N2OS/c1-3-14-12(15)9-16-11-6-4-10(5-7-11)8-13-2/h4-7,13H,3,8-9H2,1-2H3,(H,14,15). The number of thioether (sulfide) groups is 1. The number of hydrogen-bond donors (Lipinski definition) is 2. The van der Waals surface area contributed by atoms with Gasteiger partial charge in [-0.25, -0.2) is 0 Å². The van der Waals surface area contributed by atoms with Crippen LogP contribution in [0.4, 0.5) is 0 Å². The van der Waals surface area contributed by atoms with E-state index in [2.05, 4.69) is 34.9 Å². The minimum Gasteiger partial charge on any atom is -0.356 e. The van der Waals surface area contributed by atoms with Crippen LogP contribution in [-0.2, 0) is 11.3 Å². The van der Waals surface area contributed by atoms with Gasteiger partial charge in [0.1, 0.15) is 0 Å². The summed E-state index contributed by atoms with van der Waals surface area (Å²) >= 11 is 1.56. The van der Waals surface area contributed by atoms with Crippen LogP contribution in [0.15, 0.2) is 29.2 Å². The first-order chi connectivity index (χ1) is 7.76. The summed E-state index contributed by atoms with van der Waals surface area (Å²) in [5, 5.41) is 5.88. The van der Waals surface area contributed by atoms with E-state index in [-0.39, 0.29) is 5.91 Å².